The Balaban J connectivity index is 1.83. The summed E-state index contributed by atoms with van der Waals surface area (Å²) in [6.07, 6.45) is 4.34. The van der Waals surface area contributed by atoms with Gasteiger partial charge in [-0.2, -0.15) is 13.2 Å². The monoisotopic (exact) mass is 431 g/mol. The van der Waals surface area contributed by atoms with Crippen LogP contribution in [0.3, 0.4) is 0 Å². The van der Waals surface area contributed by atoms with Gasteiger partial charge in [0.1, 0.15) is 0 Å². The third kappa shape index (κ3) is 8.41. The van der Waals surface area contributed by atoms with E-state index in [1.807, 2.05) is 12.2 Å². The minimum Gasteiger partial charge on any atom is -0.481 e. The number of aliphatic carboxylic acids is 1. The lowest BCUT2D eigenvalue weighted by Gasteiger charge is -2.10. The number of alkyl halides is 3. The molecular weight excluding hydrogens is 407 g/mol. The van der Waals surface area contributed by atoms with Crippen molar-refractivity contribution >= 4 is 22.1 Å². The fraction of sp³-hybridized carbons (Fsp3) is 0.450. The molecule has 160 valence electrons. The average molecular weight is 431 g/mol. The maximum absolute atomic E-state index is 12.5. The lowest BCUT2D eigenvalue weighted by atomic mass is 10.1. The van der Waals surface area contributed by atoms with Crippen molar-refractivity contribution in [3.05, 3.63) is 53.0 Å². The lowest BCUT2D eigenvalue weighted by molar-refractivity contribution is -0.138. The maximum atomic E-state index is 12.5. The minimum atomic E-state index is -4.43. The van der Waals surface area contributed by atoms with Crippen molar-refractivity contribution in [3.63, 3.8) is 0 Å². The zero-order valence-corrected chi connectivity index (χ0v) is 16.5. The van der Waals surface area contributed by atoms with Crippen molar-refractivity contribution in [2.75, 3.05) is 0 Å². The van der Waals surface area contributed by atoms with Crippen LogP contribution >= 0.6 is 0 Å². The first kappa shape index (κ1) is 23.2. The Hall–Kier alpha value is -2.13. The SMILES string of the molecule is O=C(O)CCCC=CC1CCC(NS(=O)(=O)C=Cc2ccc(C(F)(F)F)cc2)C1. The summed E-state index contributed by atoms with van der Waals surface area (Å²) < 4.78 is 64.7. The molecule has 1 aromatic rings. The number of unbranched alkanes of at least 4 members (excludes halogenated alkanes) is 1. The number of carboxylic acid groups (broad SMARTS) is 1. The molecule has 0 aliphatic heterocycles. The molecule has 1 aromatic carbocycles. The van der Waals surface area contributed by atoms with Gasteiger partial charge in [-0.3, -0.25) is 4.79 Å². The summed E-state index contributed by atoms with van der Waals surface area (Å²) in [5, 5.41) is 9.55. The van der Waals surface area contributed by atoms with E-state index in [9.17, 15) is 26.4 Å². The number of carbonyl (C=O) groups is 1. The molecule has 1 fully saturated rings. The van der Waals surface area contributed by atoms with Crippen LogP contribution in [0, 0.1) is 5.92 Å². The van der Waals surface area contributed by atoms with Gasteiger partial charge >= 0.3 is 12.1 Å². The highest BCUT2D eigenvalue weighted by Gasteiger charge is 2.30. The second-order valence-electron chi connectivity index (χ2n) is 7.07. The number of rotatable bonds is 9. The normalized spacial score (nSPS) is 20.7. The van der Waals surface area contributed by atoms with Gasteiger partial charge in [0, 0.05) is 17.9 Å². The van der Waals surface area contributed by atoms with Crippen molar-refractivity contribution in [2.45, 2.75) is 50.7 Å². The summed E-state index contributed by atoms with van der Waals surface area (Å²) in [4.78, 5) is 10.5. The van der Waals surface area contributed by atoms with Crippen LogP contribution in [-0.4, -0.2) is 25.5 Å². The molecule has 1 aliphatic rings. The van der Waals surface area contributed by atoms with E-state index in [0.29, 0.717) is 31.2 Å². The zero-order valence-electron chi connectivity index (χ0n) is 15.7. The van der Waals surface area contributed by atoms with E-state index < -0.39 is 27.7 Å². The molecule has 2 unspecified atom stereocenters. The number of sulfonamides is 1. The fourth-order valence-electron chi connectivity index (χ4n) is 3.18. The first-order valence-corrected chi connectivity index (χ1v) is 10.9. The maximum Gasteiger partial charge on any atom is 0.416 e. The molecule has 29 heavy (non-hydrogen) atoms. The first-order valence-electron chi connectivity index (χ1n) is 9.31. The van der Waals surface area contributed by atoms with Crippen LogP contribution in [-0.2, 0) is 21.0 Å². The van der Waals surface area contributed by atoms with Gasteiger partial charge in [0.2, 0.25) is 10.0 Å². The minimum absolute atomic E-state index is 0.128. The highest BCUT2D eigenvalue weighted by Crippen LogP contribution is 2.29. The summed E-state index contributed by atoms with van der Waals surface area (Å²) >= 11 is 0. The number of allylic oxidation sites excluding steroid dienone is 2. The average Bonchev–Trinajstić information content (AvgIpc) is 3.05. The molecule has 2 rings (SSSR count). The Kier molecular flexibility index (Phi) is 8.04. The number of halogens is 3. The van der Waals surface area contributed by atoms with Crippen molar-refractivity contribution in [1.82, 2.24) is 4.72 Å². The van der Waals surface area contributed by atoms with Crippen LogP contribution < -0.4 is 4.72 Å². The second kappa shape index (κ2) is 10.1. The quantitative estimate of drug-likeness (QED) is 0.443. The summed E-state index contributed by atoms with van der Waals surface area (Å²) in [7, 11) is -3.71. The van der Waals surface area contributed by atoms with E-state index in [1.165, 1.54) is 18.2 Å². The van der Waals surface area contributed by atoms with E-state index in [1.54, 1.807) is 0 Å². The molecule has 0 bridgehead atoms. The Morgan fingerprint density at radius 1 is 1.21 bits per heavy atom. The van der Waals surface area contributed by atoms with Crippen molar-refractivity contribution in [2.24, 2.45) is 5.92 Å². The van der Waals surface area contributed by atoms with Gasteiger partial charge in [-0.25, -0.2) is 13.1 Å². The number of benzene rings is 1. The topological polar surface area (TPSA) is 83.5 Å². The Morgan fingerprint density at radius 2 is 1.90 bits per heavy atom. The number of carboxylic acids is 1. The predicted molar refractivity (Wildman–Crippen MR) is 104 cm³/mol. The standard InChI is InChI=1S/C20H24F3NO4S/c21-20(22,23)17-9-6-15(7-10-17)12-13-29(27,28)24-18-11-8-16(14-18)4-2-1-3-5-19(25)26/h2,4,6-7,9-10,12-13,16,18,24H,1,3,5,8,11,14H2,(H,25,26). The molecule has 1 aliphatic carbocycles. The van der Waals surface area contributed by atoms with E-state index in [2.05, 4.69) is 4.72 Å². The molecule has 5 nitrogen and oxygen atoms in total. The highest BCUT2D eigenvalue weighted by molar-refractivity contribution is 7.92. The van der Waals surface area contributed by atoms with Crippen molar-refractivity contribution in [3.8, 4) is 0 Å². The Bertz CT molecular complexity index is 845. The van der Waals surface area contributed by atoms with Crippen LogP contribution in [0.1, 0.15) is 49.7 Å². The number of nitrogens with one attached hydrogen (secondary N) is 1. The molecule has 0 aromatic heterocycles. The molecule has 2 atom stereocenters. The van der Waals surface area contributed by atoms with Gasteiger partial charge in [-0.05, 0) is 61.8 Å². The molecule has 9 heteroatoms. The van der Waals surface area contributed by atoms with Crippen LogP contribution in [0.15, 0.2) is 41.8 Å². The van der Waals surface area contributed by atoms with Crippen molar-refractivity contribution in [1.29, 1.82) is 0 Å². The molecule has 0 spiro atoms. The number of hydrogen-bond acceptors (Lipinski definition) is 3. The largest absolute Gasteiger partial charge is 0.481 e. The number of hydrogen-bond donors (Lipinski definition) is 2. The molecule has 0 heterocycles. The smallest absolute Gasteiger partial charge is 0.416 e. The van der Waals surface area contributed by atoms with Crippen LogP contribution in [0.25, 0.3) is 6.08 Å². The van der Waals surface area contributed by atoms with Crippen LogP contribution in [0.2, 0.25) is 0 Å². The third-order valence-corrected chi connectivity index (χ3v) is 5.81. The van der Waals surface area contributed by atoms with Gasteiger partial charge in [0.15, 0.2) is 0 Å². The summed E-state index contributed by atoms with van der Waals surface area (Å²) in [6, 6.07) is 4.05. The van der Waals surface area contributed by atoms with Crippen LogP contribution in [0.4, 0.5) is 13.2 Å². The van der Waals surface area contributed by atoms with E-state index in [0.717, 1.165) is 24.0 Å². The molecular formula is C20H24F3NO4S. The molecule has 1 saturated carbocycles. The Morgan fingerprint density at radius 3 is 2.52 bits per heavy atom. The fourth-order valence-corrected chi connectivity index (χ4v) is 4.27. The third-order valence-electron chi connectivity index (χ3n) is 4.65. The van der Waals surface area contributed by atoms with E-state index in [4.69, 9.17) is 5.11 Å². The van der Waals surface area contributed by atoms with Crippen LogP contribution in [0.5, 0.6) is 0 Å². The molecule has 0 saturated heterocycles. The van der Waals surface area contributed by atoms with Gasteiger partial charge < -0.3 is 5.11 Å². The summed E-state index contributed by atoms with van der Waals surface area (Å²) in [6.45, 7) is 0. The van der Waals surface area contributed by atoms with Gasteiger partial charge in [0.25, 0.3) is 0 Å². The van der Waals surface area contributed by atoms with E-state index in [-0.39, 0.29) is 18.4 Å². The summed E-state index contributed by atoms with van der Waals surface area (Å²) in [5.41, 5.74) is -0.430. The second-order valence-corrected chi connectivity index (χ2v) is 8.67. The van der Waals surface area contributed by atoms with Gasteiger partial charge in [-0.15, -0.1) is 0 Å². The molecule has 2 N–H and O–H groups in total. The lowest BCUT2D eigenvalue weighted by Crippen LogP contribution is -2.31. The summed E-state index contributed by atoms with van der Waals surface area (Å²) in [5.74, 6) is -0.579. The Labute approximate surface area is 168 Å². The van der Waals surface area contributed by atoms with E-state index >= 15 is 0 Å². The zero-order chi connectivity index (χ0) is 21.5. The molecule has 0 amide bonds. The van der Waals surface area contributed by atoms with Gasteiger partial charge in [-0.1, -0.05) is 24.3 Å². The highest BCUT2D eigenvalue weighted by atomic mass is 32.2. The van der Waals surface area contributed by atoms with Gasteiger partial charge in [0.05, 0.1) is 5.56 Å². The predicted octanol–water partition coefficient (Wildman–Crippen LogP) is 4.58. The molecule has 0 radical (unpaired) electrons. The van der Waals surface area contributed by atoms with Crippen molar-refractivity contribution < 1.29 is 31.5 Å². The first-order chi connectivity index (χ1) is 13.5.